The number of aromatic nitrogens is 2. The molecule has 2 heterocycles. The molecule has 0 aliphatic rings. The van der Waals surface area contributed by atoms with E-state index in [1.165, 1.54) is 0 Å². The van der Waals surface area contributed by atoms with Gasteiger partial charge < -0.3 is 9.52 Å². The second-order valence-electron chi connectivity index (χ2n) is 5.07. The lowest BCUT2D eigenvalue weighted by Crippen LogP contribution is -2.15. The molecule has 0 radical (unpaired) electrons. The summed E-state index contributed by atoms with van der Waals surface area (Å²) < 4.78 is 5.40. The number of furan rings is 1. The van der Waals surface area contributed by atoms with Crippen LogP contribution in [0.5, 0.6) is 0 Å². The first-order valence-electron chi connectivity index (χ1n) is 6.51. The van der Waals surface area contributed by atoms with E-state index in [4.69, 9.17) is 9.52 Å². The van der Waals surface area contributed by atoms with Crippen molar-refractivity contribution in [2.24, 2.45) is 5.92 Å². The summed E-state index contributed by atoms with van der Waals surface area (Å²) in [5, 5.41) is 9.01. The van der Waals surface area contributed by atoms with Crippen LogP contribution in [0.2, 0.25) is 0 Å². The van der Waals surface area contributed by atoms with Gasteiger partial charge in [0.15, 0.2) is 11.6 Å². The molecule has 1 N–H and O–H groups in total. The summed E-state index contributed by atoms with van der Waals surface area (Å²) >= 11 is 0. The standard InChI is InChI=1S/C15H18N2O3/c1-8-5-6-20-13(8)14-16-10(3)12(11(4)17-14)7-9(2)15(18)19/h5-6,9H,7H2,1-4H3,(H,18,19). The number of nitrogens with zero attached hydrogens (tertiary/aromatic N) is 2. The zero-order valence-electron chi connectivity index (χ0n) is 12.1. The van der Waals surface area contributed by atoms with Gasteiger partial charge in [-0.15, -0.1) is 0 Å². The maximum atomic E-state index is 11.0. The zero-order chi connectivity index (χ0) is 14.9. The normalized spacial score (nSPS) is 12.4. The van der Waals surface area contributed by atoms with Crippen LogP contribution in [0.3, 0.4) is 0 Å². The van der Waals surface area contributed by atoms with E-state index < -0.39 is 11.9 Å². The molecule has 0 bridgehead atoms. The number of aryl methyl sites for hydroxylation is 3. The number of carboxylic acids is 1. The van der Waals surface area contributed by atoms with Crippen LogP contribution in [0.4, 0.5) is 0 Å². The smallest absolute Gasteiger partial charge is 0.306 e. The minimum absolute atomic E-state index is 0.435. The molecule has 0 saturated heterocycles. The van der Waals surface area contributed by atoms with Gasteiger partial charge in [-0.05, 0) is 44.4 Å². The second kappa shape index (κ2) is 5.45. The van der Waals surface area contributed by atoms with Crippen molar-refractivity contribution < 1.29 is 14.3 Å². The van der Waals surface area contributed by atoms with Crippen molar-refractivity contribution in [3.63, 3.8) is 0 Å². The molecule has 0 fully saturated rings. The molecule has 1 unspecified atom stereocenters. The fraction of sp³-hybridized carbons (Fsp3) is 0.400. The maximum absolute atomic E-state index is 11.0. The van der Waals surface area contributed by atoms with Crippen LogP contribution in [0.25, 0.3) is 11.6 Å². The Hall–Kier alpha value is -2.17. The molecular weight excluding hydrogens is 256 g/mol. The van der Waals surface area contributed by atoms with Crippen molar-refractivity contribution in [2.75, 3.05) is 0 Å². The highest BCUT2D eigenvalue weighted by atomic mass is 16.4. The first kappa shape index (κ1) is 14.2. The number of carbonyl (C=O) groups is 1. The van der Waals surface area contributed by atoms with Gasteiger partial charge in [-0.3, -0.25) is 4.79 Å². The highest BCUT2D eigenvalue weighted by Crippen LogP contribution is 2.24. The van der Waals surface area contributed by atoms with Gasteiger partial charge in [0.1, 0.15) is 0 Å². The molecule has 0 saturated carbocycles. The molecule has 20 heavy (non-hydrogen) atoms. The first-order chi connectivity index (χ1) is 9.40. The van der Waals surface area contributed by atoms with E-state index in [0.717, 1.165) is 22.5 Å². The second-order valence-corrected chi connectivity index (χ2v) is 5.07. The predicted octanol–water partition coefficient (Wildman–Crippen LogP) is 2.93. The lowest BCUT2D eigenvalue weighted by Gasteiger charge is -2.12. The lowest BCUT2D eigenvalue weighted by atomic mass is 9.99. The van der Waals surface area contributed by atoms with E-state index >= 15 is 0 Å². The molecule has 106 valence electrons. The summed E-state index contributed by atoms with van der Waals surface area (Å²) in [5.74, 6) is -0.0507. The van der Waals surface area contributed by atoms with E-state index in [1.807, 2.05) is 26.8 Å². The van der Waals surface area contributed by atoms with E-state index in [0.29, 0.717) is 18.0 Å². The third-order valence-electron chi connectivity index (χ3n) is 3.42. The van der Waals surface area contributed by atoms with Crippen molar-refractivity contribution in [3.8, 4) is 11.6 Å². The van der Waals surface area contributed by atoms with Crippen molar-refractivity contribution in [1.82, 2.24) is 9.97 Å². The van der Waals surface area contributed by atoms with Crippen molar-refractivity contribution >= 4 is 5.97 Å². The Morgan fingerprint density at radius 1 is 1.30 bits per heavy atom. The Morgan fingerprint density at radius 3 is 2.35 bits per heavy atom. The number of hydrogen-bond acceptors (Lipinski definition) is 4. The third-order valence-corrected chi connectivity index (χ3v) is 3.42. The average molecular weight is 274 g/mol. The molecule has 2 aromatic rings. The molecule has 2 rings (SSSR count). The van der Waals surface area contributed by atoms with Gasteiger partial charge in [-0.2, -0.15) is 0 Å². The van der Waals surface area contributed by atoms with Gasteiger partial charge >= 0.3 is 5.97 Å². The Bertz CT molecular complexity index is 623. The van der Waals surface area contributed by atoms with Gasteiger partial charge in [0, 0.05) is 11.4 Å². The molecule has 1 atom stereocenters. The van der Waals surface area contributed by atoms with Crippen molar-refractivity contribution in [2.45, 2.75) is 34.1 Å². The van der Waals surface area contributed by atoms with Crippen LogP contribution in [-0.2, 0) is 11.2 Å². The quantitative estimate of drug-likeness (QED) is 0.927. The summed E-state index contributed by atoms with van der Waals surface area (Å²) in [6.45, 7) is 7.37. The maximum Gasteiger partial charge on any atom is 0.306 e. The van der Waals surface area contributed by atoms with Crippen molar-refractivity contribution in [1.29, 1.82) is 0 Å². The van der Waals surface area contributed by atoms with Gasteiger partial charge in [0.05, 0.1) is 12.2 Å². The van der Waals surface area contributed by atoms with E-state index in [9.17, 15) is 4.79 Å². The summed E-state index contributed by atoms with van der Waals surface area (Å²) in [5.41, 5.74) is 3.48. The topological polar surface area (TPSA) is 76.2 Å². The summed E-state index contributed by atoms with van der Waals surface area (Å²) in [6, 6.07) is 1.86. The summed E-state index contributed by atoms with van der Waals surface area (Å²) in [7, 11) is 0. The van der Waals surface area contributed by atoms with E-state index in [2.05, 4.69) is 9.97 Å². The number of rotatable bonds is 4. The molecule has 0 amide bonds. The zero-order valence-corrected chi connectivity index (χ0v) is 12.1. The molecule has 2 aromatic heterocycles. The first-order valence-corrected chi connectivity index (χ1v) is 6.51. The Labute approximate surface area is 117 Å². The highest BCUT2D eigenvalue weighted by molar-refractivity contribution is 5.70. The predicted molar refractivity (Wildman–Crippen MR) is 74.4 cm³/mol. The third kappa shape index (κ3) is 2.71. The molecule has 0 aromatic carbocycles. The van der Waals surface area contributed by atoms with Gasteiger partial charge in [0.2, 0.25) is 0 Å². The minimum Gasteiger partial charge on any atom is -0.481 e. The van der Waals surface area contributed by atoms with Gasteiger partial charge in [0.25, 0.3) is 0 Å². The van der Waals surface area contributed by atoms with Gasteiger partial charge in [-0.1, -0.05) is 6.92 Å². The van der Waals surface area contributed by atoms with Crippen molar-refractivity contribution in [3.05, 3.63) is 34.8 Å². The summed E-state index contributed by atoms with van der Waals surface area (Å²) in [4.78, 5) is 19.9. The monoisotopic (exact) mass is 274 g/mol. The van der Waals surface area contributed by atoms with Crippen LogP contribution >= 0.6 is 0 Å². The Balaban J connectivity index is 2.39. The molecule has 0 aliphatic carbocycles. The molecule has 5 heteroatoms. The van der Waals surface area contributed by atoms with Crippen LogP contribution in [0, 0.1) is 26.7 Å². The van der Waals surface area contributed by atoms with Crippen LogP contribution < -0.4 is 0 Å². The lowest BCUT2D eigenvalue weighted by molar-refractivity contribution is -0.141. The summed E-state index contributed by atoms with van der Waals surface area (Å²) in [6.07, 6.45) is 2.05. The fourth-order valence-corrected chi connectivity index (χ4v) is 2.13. The van der Waals surface area contributed by atoms with Gasteiger partial charge in [-0.25, -0.2) is 9.97 Å². The number of hydrogen-bond donors (Lipinski definition) is 1. The fourth-order valence-electron chi connectivity index (χ4n) is 2.13. The molecule has 5 nitrogen and oxygen atoms in total. The Morgan fingerprint density at radius 2 is 1.90 bits per heavy atom. The molecule has 0 spiro atoms. The average Bonchev–Trinajstić information content (AvgIpc) is 2.79. The number of carboxylic acid groups (broad SMARTS) is 1. The number of aliphatic carboxylic acids is 1. The van der Waals surface area contributed by atoms with E-state index in [1.54, 1.807) is 13.2 Å². The Kier molecular flexibility index (Phi) is 3.88. The molecule has 0 aliphatic heterocycles. The van der Waals surface area contributed by atoms with Crippen LogP contribution in [0.15, 0.2) is 16.7 Å². The largest absolute Gasteiger partial charge is 0.481 e. The highest BCUT2D eigenvalue weighted by Gasteiger charge is 2.18. The van der Waals surface area contributed by atoms with E-state index in [-0.39, 0.29) is 0 Å². The molecular formula is C15H18N2O3. The van der Waals surface area contributed by atoms with Crippen LogP contribution in [0.1, 0.15) is 29.4 Å². The van der Waals surface area contributed by atoms with Crippen LogP contribution in [-0.4, -0.2) is 21.0 Å². The minimum atomic E-state index is -0.810. The SMILES string of the molecule is Cc1ccoc1-c1nc(C)c(CC(C)C(=O)O)c(C)n1.